The maximum Gasteiger partial charge on any atom is 0.315 e. The predicted octanol–water partition coefficient (Wildman–Crippen LogP) is 2.21. The first-order chi connectivity index (χ1) is 13.1. The summed E-state index contributed by atoms with van der Waals surface area (Å²) in [5, 5.41) is 8.23. The van der Waals surface area contributed by atoms with Crippen LogP contribution >= 0.6 is 0 Å². The van der Waals surface area contributed by atoms with Crippen molar-refractivity contribution in [3.05, 3.63) is 59.7 Å². The lowest BCUT2D eigenvalue weighted by atomic mass is 10.2. The fourth-order valence-electron chi connectivity index (χ4n) is 2.31. The van der Waals surface area contributed by atoms with Crippen molar-refractivity contribution in [1.82, 2.24) is 16.0 Å². The first-order valence-corrected chi connectivity index (χ1v) is 8.65. The van der Waals surface area contributed by atoms with Crippen LogP contribution in [0.5, 0.6) is 11.5 Å². The fourth-order valence-corrected chi connectivity index (χ4v) is 2.31. The Labute approximate surface area is 159 Å². The second kappa shape index (κ2) is 10.7. The average molecular weight is 371 g/mol. The number of carbonyl (C=O) groups is 2. The van der Waals surface area contributed by atoms with Gasteiger partial charge >= 0.3 is 6.03 Å². The quantitative estimate of drug-likeness (QED) is 0.631. The average Bonchev–Trinajstić information content (AvgIpc) is 2.71. The number of hydrogen-bond donors (Lipinski definition) is 3. The second-order valence-corrected chi connectivity index (χ2v) is 5.83. The number of carbonyl (C=O) groups excluding carboxylic acids is 2. The zero-order chi connectivity index (χ0) is 19.5. The predicted molar refractivity (Wildman–Crippen MR) is 103 cm³/mol. The van der Waals surface area contributed by atoms with E-state index >= 15 is 0 Å². The number of rotatable bonds is 9. The standard InChI is InChI=1S/C20H25N3O4/c1-26-17-7-3-15(4-8-17)13-22-19(24)11-12-21-20(25)23-14-16-5-9-18(27-2)10-6-16/h3-10H,11-14H2,1-2H3,(H,22,24)(H2,21,23,25). The SMILES string of the molecule is COc1ccc(CNC(=O)CCNC(=O)NCc2ccc(OC)cc2)cc1. The van der Waals surface area contributed by atoms with Crippen LogP contribution in [0.1, 0.15) is 17.5 Å². The van der Waals surface area contributed by atoms with Gasteiger partial charge in [0.1, 0.15) is 11.5 Å². The van der Waals surface area contributed by atoms with Gasteiger partial charge in [-0.1, -0.05) is 24.3 Å². The molecule has 0 bridgehead atoms. The Morgan fingerprint density at radius 3 is 1.70 bits per heavy atom. The van der Waals surface area contributed by atoms with Crippen molar-refractivity contribution in [1.29, 1.82) is 0 Å². The molecule has 0 atom stereocenters. The van der Waals surface area contributed by atoms with Gasteiger partial charge in [0, 0.05) is 26.1 Å². The fraction of sp³-hybridized carbons (Fsp3) is 0.300. The molecule has 144 valence electrons. The zero-order valence-electron chi connectivity index (χ0n) is 15.6. The van der Waals surface area contributed by atoms with Gasteiger partial charge in [-0.25, -0.2) is 4.79 Å². The third-order valence-corrected chi connectivity index (χ3v) is 3.90. The molecule has 0 unspecified atom stereocenters. The molecule has 0 aliphatic heterocycles. The van der Waals surface area contributed by atoms with Gasteiger partial charge in [0.2, 0.25) is 5.91 Å². The molecule has 0 saturated heterocycles. The molecular weight excluding hydrogens is 346 g/mol. The highest BCUT2D eigenvalue weighted by molar-refractivity contribution is 5.78. The minimum atomic E-state index is -0.311. The van der Waals surface area contributed by atoms with Crippen LogP contribution < -0.4 is 25.4 Å². The van der Waals surface area contributed by atoms with Gasteiger partial charge in [-0.15, -0.1) is 0 Å². The summed E-state index contributed by atoms with van der Waals surface area (Å²) in [6, 6.07) is 14.6. The van der Waals surface area contributed by atoms with Crippen molar-refractivity contribution in [3.63, 3.8) is 0 Å². The van der Waals surface area contributed by atoms with Crippen molar-refractivity contribution in [2.24, 2.45) is 0 Å². The van der Waals surface area contributed by atoms with Crippen LogP contribution in [-0.4, -0.2) is 32.7 Å². The first kappa shape index (κ1) is 20.1. The van der Waals surface area contributed by atoms with Gasteiger partial charge in [-0.05, 0) is 35.4 Å². The molecule has 27 heavy (non-hydrogen) atoms. The van der Waals surface area contributed by atoms with Crippen molar-refractivity contribution >= 4 is 11.9 Å². The zero-order valence-corrected chi connectivity index (χ0v) is 15.6. The maximum atomic E-state index is 11.8. The van der Waals surface area contributed by atoms with Crippen molar-refractivity contribution in [2.45, 2.75) is 19.5 Å². The van der Waals surface area contributed by atoms with Crippen LogP contribution in [0.25, 0.3) is 0 Å². The Balaban J connectivity index is 1.59. The van der Waals surface area contributed by atoms with E-state index in [0.717, 1.165) is 22.6 Å². The molecule has 0 aromatic heterocycles. The van der Waals surface area contributed by atoms with Gasteiger partial charge in [0.25, 0.3) is 0 Å². The molecule has 7 heteroatoms. The minimum Gasteiger partial charge on any atom is -0.497 e. The molecule has 0 spiro atoms. The largest absolute Gasteiger partial charge is 0.497 e. The summed E-state index contributed by atoms with van der Waals surface area (Å²) in [4.78, 5) is 23.6. The molecule has 0 aliphatic carbocycles. The molecule has 0 radical (unpaired) electrons. The number of methoxy groups -OCH3 is 2. The number of amides is 3. The number of ether oxygens (including phenoxy) is 2. The lowest BCUT2D eigenvalue weighted by Crippen LogP contribution is -2.37. The summed E-state index contributed by atoms with van der Waals surface area (Å²) < 4.78 is 10.2. The van der Waals surface area contributed by atoms with E-state index in [4.69, 9.17) is 9.47 Å². The lowest BCUT2D eigenvalue weighted by molar-refractivity contribution is -0.121. The second-order valence-electron chi connectivity index (χ2n) is 5.83. The monoisotopic (exact) mass is 371 g/mol. The van der Waals surface area contributed by atoms with Gasteiger partial charge < -0.3 is 25.4 Å². The highest BCUT2D eigenvalue weighted by Gasteiger charge is 2.04. The van der Waals surface area contributed by atoms with Crippen molar-refractivity contribution in [2.75, 3.05) is 20.8 Å². The third-order valence-electron chi connectivity index (χ3n) is 3.90. The molecule has 0 aliphatic rings. The molecule has 2 aromatic rings. The summed E-state index contributed by atoms with van der Waals surface area (Å²) in [5.41, 5.74) is 1.94. The third kappa shape index (κ3) is 7.27. The molecule has 0 fully saturated rings. The molecule has 2 aromatic carbocycles. The summed E-state index contributed by atoms with van der Waals surface area (Å²) in [6.07, 6.45) is 0.214. The van der Waals surface area contributed by atoms with E-state index < -0.39 is 0 Å². The highest BCUT2D eigenvalue weighted by Crippen LogP contribution is 2.11. The Bertz CT molecular complexity index is 666. The number of benzene rings is 2. The summed E-state index contributed by atoms with van der Waals surface area (Å²) in [6.45, 7) is 1.11. The molecule has 3 amide bonds. The molecular formula is C20H25N3O4. The van der Waals surface area contributed by atoms with Crippen molar-refractivity contribution in [3.8, 4) is 11.5 Å². The maximum absolute atomic E-state index is 11.8. The molecule has 2 rings (SSSR count). The smallest absolute Gasteiger partial charge is 0.315 e. The van der Waals surface area contributed by atoms with Crippen LogP contribution in [0, 0.1) is 0 Å². The molecule has 3 N–H and O–H groups in total. The molecule has 0 saturated carbocycles. The normalized spacial score (nSPS) is 10.0. The minimum absolute atomic E-state index is 0.124. The number of hydrogen-bond acceptors (Lipinski definition) is 4. The Hall–Kier alpha value is -3.22. The van der Waals surface area contributed by atoms with Gasteiger partial charge in [0.05, 0.1) is 14.2 Å². The Morgan fingerprint density at radius 2 is 1.22 bits per heavy atom. The first-order valence-electron chi connectivity index (χ1n) is 8.65. The van der Waals surface area contributed by atoms with Crippen LogP contribution in [-0.2, 0) is 17.9 Å². The topological polar surface area (TPSA) is 88.7 Å². The Morgan fingerprint density at radius 1 is 0.741 bits per heavy atom. The van der Waals surface area contributed by atoms with E-state index in [1.807, 2.05) is 48.5 Å². The van der Waals surface area contributed by atoms with E-state index in [9.17, 15) is 9.59 Å². The molecule has 7 nitrogen and oxygen atoms in total. The van der Waals surface area contributed by atoms with E-state index in [2.05, 4.69) is 16.0 Å². The lowest BCUT2D eigenvalue weighted by Gasteiger charge is -2.09. The van der Waals surface area contributed by atoms with Crippen molar-refractivity contribution < 1.29 is 19.1 Å². The van der Waals surface area contributed by atoms with Gasteiger partial charge in [0.15, 0.2) is 0 Å². The van der Waals surface area contributed by atoms with E-state index in [1.165, 1.54) is 0 Å². The summed E-state index contributed by atoms with van der Waals surface area (Å²) in [7, 11) is 3.21. The van der Waals surface area contributed by atoms with Crippen LogP contribution in [0.3, 0.4) is 0 Å². The van der Waals surface area contributed by atoms with E-state index in [-0.39, 0.29) is 24.9 Å². The summed E-state index contributed by atoms with van der Waals surface area (Å²) in [5.74, 6) is 1.42. The van der Waals surface area contributed by atoms with Crippen LogP contribution in [0.15, 0.2) is 48.5 Å². The highest BCUT2D eigenvalue weighted by atomic mass is 16.5. The van der Waals surface area contributed by atoms with Gasteiger partial charge in [-0.2, -0.15) is 0 Å². The van der Waals surface area contributed by atoms with Crippen LogP contribution in [0.2, 0.25) is 0 Å². The van der Waals surface area contributed by atoms with E-state index in [0.29, 0.717) is 13.1 Å². The van der Waals surface area contributed by atoms with Gasteiger partial charge in [-0.3, -0.25) is 4.79 Å². The Kier molecular flexibility index (Phi) is 7.96. The van der Waals surface area contributed by atoms with Crippen LogP contribution in [0.4, 0.5) is 4.79 Å². The summed E-state index contributed by atoms with van der Waals surface area (Å²) >= 11 is 0. The molecule has 0 heterocycles. The number of nitrogens with one attached hydrogen (secondary N) is 3. The van der Waals surface area contributed by atoms with E-state index in [1.54, 1.807) is 14.2 Å². The number of urea groups is 1.